The quantitative estimate of drug-likeness (QED) is 0.481. The Balaban J connectivity index is 2.02. The van der Waals surface area contributed by atoms with Gasteiger partial charge in [0.15, 0.2) is 0 Å². The summed E-state index contributed by atoms with van der Waals surface area (Å²) in [5, 5.41) is 3.72. The molecule has 0 unspecified atom stereocenters. The molecule has 7 nitrogen and oxygen atoms in total. The molecule has 0 heterocycles. The van der Waals surface area contributed by atoms with E-state index in [4.69, 9.17) is 10.5 Å². The second-order valence-electron chi connectivity index (χ2n) is 4.75. The highest BCUT2D eigenvalue weighted by Gasteiger charge is 2.05. The Bertz CT molecular complexity index is 742. The number of rotatable bonds is 6. The summed E-state index contributed by atoms with van der Waals surface area (Å²) in [7, 11) is 1.34. The van der Waals surface area contributed by atoms with Gasteiger partial charge in [-0.05, 0) is 29.8 Å². The van der Waals surface area contributed by atoms with Gasteiger partial charge in [-0.1, -0.05) is 24.3 Å². The van der Waals surface area contributed by atoms with Crippen LogP contribution in [0.4, 0.5) is 4.79 Å². The molecular weight excluding hydrogens is 310 g/mol. The number of nitrogens with zero attached hydrogens (tertiary/aromatic N) is 1. The molecule has 7 heteroatoms. The van der Waals surface area contributed by atoms with Crippen LogP contribution in [0.3, 0.4) is 0 Å². The molecule has 0 aromatic heterocycles. The molecule has 2 amide bonds. The second kappa shape index (κ2) is 8.33. The summed E-state index contributed by atoms with van der Waals surface area (Å²) in [4.78, 5) is 22.0. The highest BCUT2D eigenvalue weighted by Crippen LogP contribution is 2.18. The molecule has 0 atom stereocenters. The number of amides is 2. The van der Waals surface area contributed by atoms with Gasteiger partial charge in [-0.3, -0.25) is 0 Å². The SMILES string of the molecule is COC(=O)c1ccc(COc2ccccc2/C=N\NC(N)=O)cc1. The molecular formula is C17H17N3O4. The van der Waals surface area contributed by atoms with Crippen molar-refractivity contribution < 1.29 is 19.1 Å². The van der Waals surface area contributed by atoms with Crippen LogP contribution < -0.4 is 15.9 Å². The molecule has 0 bridgehead atoms. The maximum absolute atomic E-state index is 11.4. The highest BCUT2D eigenvalue weighted by atomic mass is 16.5. The number of para-hydroxylation sites is 1. The lowest BCUT2D eigenvalue weighted by Crippen LogP contribution is -2.24. The number of hydrazone groups is 1. The third kappa shape index (κ3) is 4.84. The lowest BCUT2D eigenvalue weighted by molar-refractivity contribution is 0.0600. The topological polar surface area (TPSA) is 103 Å². The van der Waals surface area contributed by atoms with E-state index in [0.29, 0.717) is 23.5 Å². The summed E-state index contributed by atoms with van der Waals surface area (Å²) in [5.74, 6) is 0.218. The second-order valence-corrected chi connectivity index (χ2v) is 4.75. The number of primary amides is 1. The Morgan fingerprint density at radius 1 is 1.17 bits per heavy atom. The van der Waals surface area contributed by atoms with Gasteiger partial charge in [0.1, 0.15) is 12.4 Å². The smallest absolute Gasteiger partial charge is 0.337 e. The van der Waals surface area contributed by atoms with Gasteiger partial charge in [0, 0.05) is 5.56 Å². The zero-order chi connectivity index (χ0) is 17.4. The van der Waals surface area contributed by atoms with Crippen LogP contribution >= 0.6 is 0 Å². The van der Waals surface area contributed by atoms with Crippen molar-refractivity contribution in [2.75, 3.05) is 7.11 Å². The first-order valence-electron chi connectivity index (χ1n) is 7.07. The van der Waals surface area contributed by atoms with Crippen molar-refractivity contribution in [3.05, 3.63) is 65.2 Å². The number of benzene rings is 2. The molecule has 2 aromatic rings. The number of esters is 1. The van der Waals surface area contributed by atoms with Crippen LogP contribution in [0, 0.1) is 0 Å². The average molecular weight is 327 g/mol. The third-order valence-corrected chi connectivity index (χ3v) is 3.07. The summed E-state index contributed by atoms with van der Waals surface area (Å²) in [6.07, 6.45) is 1.44. The molecule has 3 N–H and O–H groups in total. The zero-order valence-electron chi connectivity index (χ0n) is 13.1. The molecule has 0 aliphatic heterocycles. The molecule has 24 heavy (non-hydrogen) atoms. The maximum atomic E-state index is 11.4. The summed E-state index contributed by atoms with van der Waals surface area (Å²) in [6, 6.07) is 13.4. The van der Waals surface area contributed by atoms with Crippen LogP contribution in [0.15, 0.2) is 53.6 Å². The number of methoxy groups -OCH3 is 1. The Kier molecular flexibility index (Phi) is 5.90. The molecule has 0 fully saturated rings. The largest absolute Gasteiger partial charge is 0.488 e. The number of nitrogens with two attached hydrogens (primary N) is 1. The van der Waals surface area contributed by atoms with Crippen molar-refractivity contribution in [1.29, 1.82) is 0 Å². The van der Waals surface area contributed by atoms with E-state index < -0.39 is 6.03 Å². The number of nitrogens with one attached hydrogen (secondary N) is 1. The predicted octanol–water partition coefficient (Wildman–Crippen LogP) is 2.05. The fraction of sp³-hybridized carbons (Fsp3) is 0.118. The summed E-state index contributed by atoms with van der Waals surface area (Å²) >= 11 is 0. The first-order chi connectivity index (χ1) is 11.6. The van der Waals surface area contributed by atoms with Gasteiger partial charge in [0.05, 0.1) is 18.9 Å². The maximum Gasteiger partial charge on any atom is 0.337 e. The van der Waals surface area contributed by atoms with Gasteiger partial charge in [-0.25, -0.2) is 15.0 Å². The number of hydrogen-bond acceptors (Lipinski definition) is 5. The van der Waals surface area contributed by atoms with Gasteiger partial charge < -0.3 is 15.2 Å². The zero-order valence-corrected chi connectivity index (χ0v) is 13.1. The van der Waals surface area contributed by atoms with E-state index in [-0.39, 0.29) is 5.97 Å². The van der Waals surface area contributed by atoms with E-state index >= 15 is 0 Å². The third-order valence-electron chi connectivity index (χ3n) is 3.07. The molecule has 124 valence electrons. The van der Waals surface area contributed by atoms with Gasteiger partial charge in [-0.2, -0.15) is 5.10 Å². The van der Waals surface area contributed by atoms with Crippen molar-refractivity contribution in [1.82, 2.24) is 5.43 Å². The molecule has 0 saturated carbocycles. The van der Waals surface area contributed by atoms with Crippen LogP contribution in [-0.4, -0.2) is 25.3 Å². The van der Waals surface area contributed by atoms with Crippen molar-refractivity contribution in [3.63, 3.8) is 0 Å². The Hall–Kier alpha value is -3.35. The number of carbonyl (C=O) groups excluding carboxylic acids is 2. The Morgan fingerprint density at radius 3 is 2.54 bits per heavy atom. The fourth-order valence-corrected chi connectivity index (χ4v) is 1.90. The van der Waals surface area contributed by atoms with Crippen LogP contribution in [0.1, 0.15) is 21.5 Å². The first-order valence-corrected chi connectivity index (χ1v) is 7.07. The van der Waals surface area contributed by atoms with Crippen LogP contribution in [0.5, 0.6) is 5.75 Å². The van der Waals surface area contributed by atoms with Crippen LogP contribution in [0.2, 0.25) is 0 Å². The lowest BCUT2D eigenvalue weighted by atomic mass is 10.1. The first kappa shape index (κ1) is 17.0. The monoisotopic (exact) mass is 327 g/mol. The average Bonchev–Trinajstić information content (AvgIpc) is 2.60. The van der Waals surface area contributed by atoms with Crippen LogP contribution in [0.25, 0.3) is 0 Å². The van der Waals surface area contributed by atoms with Crippen molar-refractivity contribution in [3.8, 4) is 5.75 Å². The van der Waals surface area contributed by atoms with E-state index in [2.05, 4.69) is 15.3 Å². The van der Waals surface area contributed by atoms with Gasteiger partial charge in [0.25, 0.3) is 0 Å². The highest BCUT2D eigenvalue weighted by molar-refractivity contribution is 5.89. The van der Waals surface area contributed by atoms with E-state index in [0.717, 1.165) is 5.56 Å². The standard InChI is InChI=1S/C17H17N3O4/c1-23-16(21)13-8-6-12(7-9-13)11-24-15-5-3-2-4-14(15)10-19-20-17(18)22/h2-10H,11H2,1H3,(H3,18,20,22)/b19-10-. The molecule has 0 aliphatic carbocycles. The predicted molar refractivity (Wildman–Crippen MR) is 88.9 cm³/mol. The van der Waals surface area contributed by atoms with E-state index in [9.17, 15) is 9.59 Å². The molecule has 0 aliphatic rings. The Labute approximate surface area is 139 Å². The number of ether oxygens (including phenoxy) is 2. The number of hydrogen-bond donors (Lipinski definition) is 2. The number of urea groups is 1. The molecule has 0 radical (unpaired) electrons. The summed E-state index contributed by atoms with van der Waals surface area (Å²) in [6.45, 7) is 0.315. The van der Waals surface area contributed by atoms with Gasteiger partial charge in [0.2, 0.25) is 0 Å². The molecule has 2 aromatic carbocycles. The van der Waals surface area contributed by atoms with Crippen molar-refractivity contribution in [2.45, 2.75) is 6.61 Å². The van der Waals surface area contributed by atoms with E-state index in [1.165, 1.54) is 13.3 Å². The fourth-order valence-electron chi connectivity index (χ4n) is 1.90. The summed E-state index contributed by atoms with van der Waals surface area (Å²) in [5.41, 5.74) is 9.13. The minimum Gasteiger partial charge on any atom is -0.488 e. The molecule has 0 saturated heterocycles. The lowest BCUT2D eigenvalue weighted by Gasteiger charge is -2.09. The van der Waals surface area contributed by atoms with Gasteiger partial charge in [-0.15, -0.1) is 0 Å². The van der Waals surface area contributed by atoms with Crippen molar-refractivity contribution >= 4 is 18.2 Å². The van der Waals surface area contributed by atoms with E-state index in [1.807, 2.05) is 12.1 Å². The van der Waals surface area contributed by atoms with Crippen LogP contribution in [-0.2, 0) is 11.3 Å². The molecule has 2 rings (SSSR count). The van der Waals surface area contributed by atoms with Crippen molar-refractivity contribution in [2.24, 2.45) is 10.8 Å². The normalized spacial score (nSPS) is 10.4. The van der Waals surface area contributed by atoms with Gasteiger partial charge >= 0.3 is 12.0 Å². The number of carbonyl (C=O) groups is 2. The van der Waals surface area contributed by atoms with E-state index in [1.54, 1.807) is 36.4 Å². The minimum atomic E-state index is -0.740. The molecule has 0 spiro atoms. The minimum absolute atomic E-state index is 0.315. The summed E-state index contributed by atoms with van der Waals surface area (Å²) < 4.78 is 10.4. The Morgan fingerprint density at radius 2 is 1.88 bits per heavy atom.